The van der Waals surface area contributed by atoms with E-state index in [4.69, 9.17) is 17.3 Å². The summed E-state index contributed by atoms with van der Waals surface area (Å²) in [6.07, 6.45) is 5.04. The predicted molar refractivity (Wildman–Crippen MR) is 73.0 cm³/mol. The van der Waals surface area contributed by atoms with Gasteiger partial charge in [0.15, 0.2) is 0 Å². The van der Waals surface area contributed by atoms with Crippen molar-refractivity contribution in [1.82, 2.24) is 4.98 Å². The van der Waals surface area contributed by atoms with Gasteiger partial charge < -0.3 is 10.6 Å². The molecule has 1 aromatic rings. The van der Waals surface area contributed by atoms with Crippen molar-refractivity contribution >= 4 is 23.3 Å². The van der Waals surface area contributed by atoms with Gasteiger partial charge in [0.2, 0.25) is 5.91 Å². The number of amides is 1. The number of carbonyl (C=O) groups is 1. The van der Waals surface area contributed by atoms with E-state index in [1.807, 2.05) is 0 Å². The van der Waals surface area contributed by atoms with Gasteiger partial charge in [-0.05, 0) is 31.2 Å². The van der Waals surface area contributed by atoms with Crippen LogP contribution in [0.3, 0.4) is 0 Å². The maximum atomic E-state index is 11.0. The summed E-state index contributed by atoms with van der Waals surface area (Å²) in [6.45, 7) is 4.20. The number of carbonyl (C=O) groups excluding carboxylic acids is 1. The molecule has 1 amide bonds. The van der Waals surface area contributed by atoms with E-state index in [0.29, 0.717) is 10.6 Å². The number of pyridine rings is 1. The van der Waals surface area contributed by atoms with Crippen LogP contribution < -0.4 is 10.6 Å². The predicted octanol–water partition coefficient (Wildman–Crippen LogP) is 2.46. The Morgan fingerprint density at radius 3 is 2.94 bits per heavy atom. The molecule has 2 N–H and O–H groups in total. The van der Waals surface area contributed by atoms with Gasteiger partial charge >= 0.3 is 0 Å². The Hall–Kier alpha value is -1.29. The summed E-state index contributed by atoms with van der Waals surface area (Å²) in [5, 5.41) is 0.501. The first-order chi connectivity index (χ1) is 8.58. The fraction of sp³-hybridized carbons (Fsp3) is 0.538. The lowest BCUT2D eigenvalue weighted by molar-refractivity contribution is 0.1000. The van der Waals surface area contributed by atoms with Crippen molar-refractivity contribution in [2.24, 2.45) is 11.7 Å². The number of nitrogens with two attached hydrogens (primary N) is 1. The van der Waals surface area contributed by atoms with Crippen molar-refractivity contribution < 1.29 is 4.79 Å². The van der Waals surface area contributed by atoms with E-state index < -0.39 is 5.91 Å². The lowest BCUT2D eigenvalue weighted by Crippen LogP contribution is -2.25. The van der Waals surface area contributed by atoms with Gasteiger partial charge in [0.25, 0.3) is 0 Å². The quantitative estimate of drug-likeness (QED) is 0.895. The number of aromatic nitrogens is 1. The minimum Gasteiger partial charge on any atom is -0.366 e. The fourth-order valence-corrected chi connectivity index (χ4v) is 2.56. The van der Waals surface area contributed by atoms with Gasteiger partial charge in [-0.15, -0.1) is 0 Å². The van der Waals surface area contributed by atoms with Crippen LogP contribution in [0.2, 0.25) is 5.02 Å². The van der Waals surface area contributed by atoms with Crippen molar-refractivity contribution in [2.45, 2.75) is 26.2 Å². The maximum absolute atomic E-state index is 11.0. The highest BCUT2D eigenvalue weighted by molar-refractivity contribution is 6.33. The molecule has 0 spiro atoms. The number of anilines is 1. The summed E-state index contributed by atoms with van der Waals surface area (Å²) < 4.78 is 0. The molecule has 0 bridgehead atoms. The molecule has 1 atom stereocenters. The summed E-state index contributed by atoms with van der Waals surface area (Å²) in [7, 11) is 0. The van der Waals surface area contributed by atoms with E-state index in [9.17, 15) is 4.79 Å². The first-order valence-corrected chi connectivity index (χ1v) is 6.66. The van der Waals surface area contributed by atoms with Gasteiger partial charge in [-0.3, -0.25) is 4.79 Å². The molecular formula is C13H18ClN3O. The number of hydrogen-bond acceptors (Lipinski definition) is 3. The molecule has 1 aromatic heterocycles. The second-order valence-corrected chi connectivity index (χ2v) is 5.32. The van der Waals surface area contributed by atoms with Gasteiger partial charge in [-0.25, -0.2) is 4.98 Å². The van der Waals surface area contributed by atoms with E-state index >= 15 is 0 Å². The van der Waals surface area contributed by atoms with E-state index in [2.05, 4.69) is 16.8 Å². The highest BCUT2D eigenvalue weighted by Crippen LogP contribution is 2.27. The van der Waals surface area contributed by atoms with E-state index in [1.54, 1.807) is 6.07 Å². The molecule has 1 aliphatic heterocycles. The summed E-state index contributed by atoms with van der Waals surface area (Å²) in [4.78, 5) is 17.5. The zero-order valence-corrected chi connectivity index (χ0v) is 11.3. The van der Waals surface area contributed by atoms with Crippen LogP contribution in [0, 0.1) is 5.92 Å². The highest BCUT2D eigenvalue weighted by Gasteiger charge is 2.18. The van der Waals surface area contributed by atoms with Gasteiger partial charge in [-0.2, -0.15) is 0 Å². The third-order valence-corrected chi connectivity index (χ3v) is 3.70. The number of nitrogens with zero attached hydrogens (tertiary/aromatic N) is 2. The Balaban J connectivity index is 2.20. The molecule has 4 nitrogen and oxygen atoms in total. The maximum Gasteiger partial charge on any atom is 0.250 e. The second kappa shape index (κ2) is 5.57. The average molecular weight is 268 g/mol. The lowest BCUT2D eigenvalue weighted by atomic mass is 10.0. The Kier molecular flexibility index (Phi) is 4.07. The van der Waals surface area contributed by atoms with Crippen LogP contribution in [-0.2, 0) is 0 Å². The van der Waals surface area contributed by atoms with Crippen LogP contribution in [0.5, 0.6) is 0 Å². The van der Waals surface area contributed by atoms with Gasteiger partial charge in [0.05, 0.1) is 10.6 Å². The van der Waals surface area contributed by atoms with Crippen LogP contribution in [0.4, 0.5) is 5.82 Å². The molecule has 5 heteroatoms. The third-order valence-electron chi connectivity index (χ3n) is 3.42. The smallest absolute Gasteiger partial charge is 0.250 e. The van der Waals surface area contributed by atoms with Gasteiger partial charge in [-0.1, -0.05) is 18.5 Å². The van der Waals surface area contributed by atoms with Crippen molar-refractivity contribution in [1.29, 1.82) is 0 Å². The number of rotatable bonds is 2. The minimum absolute atomic E-state index is 0.354. The molecule has 0 aromatic carbocycles. The summed E-state index contributed by atoms with van der Waals surface area (Å²) in [5.74, 6) is 1.01. The topological polar surface area (TPSA) is 59.2 Å². The van der Waals surface area contributed by atoms with Crippen molar-refractivity contribution in [3.8, 4) is 0 Å². The van der Waals surface area contributed by atoms with Crippen LogP contribution in [0.15, 0.2) is 12.3 Å². The molecule has 1 fully saturated rings. The Bertz CT molecular complexity index is 450. The molecule has 98 valence electrons. The van der Waals surface area contributed by atoms with Crippen LogP contribution in [0.25, 0.3) is 0 Å². The second-order valence-electron chi connectivity index (χ2n) is 4.92. The molecule has 0 aliphatic carbocycles. The normalized spacial score (nSPS) is 20.6. The summed E-state index contributed by atoms with van der Waals surface area (Å²) in [5.41, 5.74) is 5.56. The standard InChI is InChI=1S/C13H18ClN3O/c1-9-3-2-5-17(6-4-9)13-11(14)7-10(8-16-13)12(15)18/h7-9H,2-6H2,1H3,(H2,15,18). The molecule has 0 radical (unpaired) electrons. The van der Waals surface area contributed by atoms with Gasteiger partial charge in [0, 0.05) is 19.3 Å². The Labute approximate surface area is 112 Å². The van der Waals surface area contributed by atoms with Crippen molar-refractivity contribution in [3.05, 3.63) is 22.8 Å². The minimum atomic E-state index is -0.500. The largest absolute Gasteiger partial charge is 0.366 e. The van der Waals surface area contributed by atoms with E-state index in [0.717, 1.165) is 37.7 Å². The highest BCUT2D eigenvalue weighted by atomic mass is 35.5. The molecule has 2 rings (SSSR count). The van der Waals surface area contributed by atoms with Crippen LogP contribution in [0.1, 0.15) is 36.5 Å². The number of primary amides is 1. The van der Waals surface area contributed by atoms with Crippen LogP contribution >= 0.6 is 11.6 Å². The Morgan fingerprint density at radius 2 is 2.28 bits per heavy atom. The summed E-state index contributed by atoms with van der Waals surface area (Å²) in [6, 6.07) is 1.60. The summed E-state index contributed by atoms with van der Waals surface area (Å²) >= 11 is 6.18. The number of hydrogen-bond donors (Lipinski definition) is 1. The monoisotopic (exact) mass is 267 g/mol. The molecule has 0 saturated carbocycles. The van der Waals surface area contributed by atoms with E-state index in [-0.39, 0.29) is 0 Å². The third kappa shape index (κ3) is 2.93. The first kappa shape index (κ1) is 13.1. The van der Waals surface area contributed by atoms with Crippen molar-refractivity contribution in [3.63, 3.8) is 0 Å². The molecule has 1 aliphatic rings. The molecule has 1 unspecified atom stereocenters. The first-order valence-electron chi connectivity index (χ1n) is 6.28. The van der Waals surface area contributed by atoms with E-state index in [1.165, 1.54) is 12.6 Å². The molecular weight excluding hydrogens is 250 g/mol. The van der Waals surface area contributed by atoms with Crippen LogP contribution in [-0.4, -0.2) is 24.0 Å². The zero-order valence-electron chi connectivity index (χ0n) is 10.5. The molecule has 2 heterocycles. The van der Waals surface area contributed by atoms with Gasteiger partial charge in [0.1, 0.15) is 5.82 Å². The molecule has 1 saturated heterocycles. The Morgan fingerprint density at radius 1 is 1.50 bits per heavy atom. The van der Waals surface area contributed by atoms with Crippen molar-refractivity contribution in [2.75, 3.05) is 18.0 Å². The zero-order chi connectivity index (χ0) is 13.1. The number of halogens is 1. The SMILES string of the molecule is CC1CCCN(c2ncc(C(N)=O)cc2Cl)CC1. The lowest BCUT2D eigenvalue weighted by Gasteiger charge is -2.22. The molecule has 18 heavy (non-hydrogen) atoms. The fourth-order valence-electron chi connectivity index (χ4n) is 2.27. The average Bonchev–Trinajstić information content (AvgIpc) is 2.54.